The number of rotatable bonds is 6. The molecule has 0 aromatic heterocycles. The van der Waals surface area contributed by atoms with Gasteiger partial charge in [-0.15, -0.1) is 11.8 Å². The number of aryl methyl sites for hydroxylation is 2. The molecular weight excluding hydrogens is 430 g/mol. The lowest BCUT2D eigenvalue weighted by molar-refractivity contribution is -0.146. The van der Waals surface area contributed by atoms with Crippen LogP contribution in [0.3, 0.4) is 0 Å². The number of nitrogens with one attached hydrogen (secondary N) is 1. The van der Waals surface area contributed by atoms with Gasteiger partial charge in [0.25, 0.3) is 5.91 Å². The molecule has 1 atom stereocenters. The van der Waals surface area contributed by atoms with Gasteiger partial charge < -0.3 is 10.1 Å². The number of benzene rings is 1. The summed E-state index contributed by atoms with van der Waals surface area (Å²) in [6.07, 6.45) is 0.403. The van der Waals surface area contributed by atoms with Crippen molar-refractivity contribution < 1.29 is 22.7 Å². The summed E-state index contributed by atoms with van der Waals surface area (Å²) in [5.41, 5.74) is 2.13. The van der Waals surface area contributed by atoms with Gasteiger partial charge in [-0.3, -0.25) is 9.59 Å². The molecule has 1 aromatic rings. The highest BCUT2D eigenvalue weighted by Gasteiger charge is 2.29. The first-order valence-corrected chi connectivity index (χ1v) is 11.3. The highest BCUT2D eigenvalue weighted by Crippen LogP contribution is 2.28. The number of carbonyl (C=O) groups excluding carboxylic acids is 2. The van der Waals surface area contributed by atoms with Gasteiger partial charge >= 0.3 is 5.97 Å². The average molecular weight is 450 g/mol. The van der Waals surface area contributed by atoms with Gasteiger partial charge in [0.15, 0.2) is 16.4 Å². The second-order valence-corrected chi connectivity index (χ2v) is 10.1. The zero-order valence-corrected chi connectivity index (χ0v) is 17.2. The molecule has 2 rings (SSSR count). The Hall–Kier alpha value is -1.06. The van der Waals surface area contributed by atoms with Crippen LogP contribution in [-0.4, -0.2) is 50.2 Å². The molecule has 0 aliphatic carbocycles. The normalized spacial score (nSPS) is 18.8. The summed E-state index contributed by atoms with van der Waals surface area (Å²) in [5, 5.41) is 2.58. The molecule has 138 valence electrons. The minimum absolute atomic E-state index is 0.0509. The molecule has 1 aromatic carbocycles. The molecule has 6 nitrogen and oxygen atoms in total. The first kappa shape index (κ1) is 20.3. The lowest BCUT2D eigenvalue weighted by Crippen LogP contribution is -2.38. The molecule has 1 unspecified atom stereocenters. The van der Waals surface area contributed by atoms with Gasteiger partial charge in [-0.25, -0.2) is 8.42 Å². The molecule has 1 fully saturated rings. The van der Waals surface area contributed by atoms with Gasteiger partial charge in [-0.2, -0.15) is 0 Å². The first-order valence-electron chi connectivity index (χ1n) is 7.71. The second kappa shape index (κ2) is 8.55. The van der Waals surface area contributed by atoms with Crippen molar-refractivity contribution >= 4 is 49.4 Å². The zero-order chi connectivity index (χ0) is 18.6. The van der Waals surface area contributed by atoms with Crippen molar-refractivity contribution in [2.24, 2.45) is 0 Å². The molecule has 0 bridgehead atoms. The van der Waals surface area contributed by atoms with E-state index in [-0.39, 0.29) is 23.3 Å². The van der Waals surface area contributed by atoms with Crippen LogP contribution >= 0.6 is 27.7 Å². The van der Waals surface area contributed by atoms with E-state index in [1.165, 1.54) is 11.8 Å². The van der Waals surface area contributed by atoms with Crippen molar-refractivity contribution in [2.75, 3.05) is 23.9 Å². The summed E-state index contributed by atoms with van der Waals surface area (Å²) < 4.78 is 28.6. The largest absolute Gasteiger partial charge is 0.455 e. The Morgan fingerprint density at radius 3 is 2.68 bits per heavy atom. The number of amides is 1. The predicted octanol–water partition coefficient (Wildman–Crippen LogP) is 2.00. The molecule has 0 spiro atoms. The van der Waals surface area contributed by atoms with E-state index in [0.717, 1.165) is 20.5 Å². The number of hydrogen-bond acceptors (Lipinski definition) is 6. The van der Waals surface area contributed by atoms with Gasteiger partial charge in [0.05, 0.1) is 17.3 Å². The van der Waals surface area contributed by atoms with Crippen LogP contribution in [0.5, 0.6) is 0 Å². The van der Waals surface area contributed by atoms with Crippen molar-refractivity contribution in [2.45, 2.75) is 31.2 Å². The average Bonchev–Trinajstić information content (AvgIpc) is 2.86. The van der Waals surface area contributed by atoms with Crippen molar-refractivity contribution in [3.63, 3.8) is 0 Å². The Labute approximate surface area is 160 Å². The van der Waals surface area contributed by atoms with Crippen LogP contribution < -0.4 is 5.32 Å². The highest BCUT2D eigenvalue weighted by atomic mass is 79.9. The number of esters is 1. The fourth-order valence-electron chi connectivity index (χ4n) is 2.41. The molecule has 1 N–H and O–H groups in total. The predicted molar refractivity (Wildman–Crippen MR) is 101 cm³/mol. The third kappa shape index (κ3) is 6.31. The minimum atomic E-state index is -3.05. The van der Waals surface area contributed by atoms with Gasteiger partial charge in [0.1, 0.15) is 0 Å². The molecule has 0 saturated carbocycles. The molecule has 0 radical (unpaired) electrons. The van der Waals surface area contributed by atoms with Crippen molar-refractivity contribution in [3.05, 3.63) is 27.7 Å². The van der Waals surface area contributed by atoms with E-state index < -0.39 is 28.3 Å². The topological polar surface area (TPSA) is 89.5 Å². The lowest BCUT2D eigenvalue weighted by Gasteiger charge is -2.11. The third-order valence-corrected chi connectivity index (χ3v) is 7.52. The van der Waals surface area contributed by atoms with Crippen molar-refractivity contribution in [3.8, 4) is 0 Å². The van der Waals surface area contributed by atoms with E-state index in [9.17, 15) is 18.0 Å². The maximum Gasteiger partial charge on any atom is 0.316 e. The zero-order valence-electron chi connectivity index (χ0n) is 14.0. The van der Waals surface area contributed by atoms with Crippen molar-refractivity contribution in [1.82, 2.24) is 5.32 Å². The standard InChI is InChI=1S/C16H20BrNO5S2/c1-10-6-14(11(2)5-13(10)17)24-8-16(20)23-7-15(19)18-12-3-4-25(21,22)9-12/h5-6,12H,3-4,7-9H2,1-2H3,(H,18,19). The number of ether oxygens (including phenoxy) is 1. The monoisotopic (exact) mass is 449 g/mol. The summed E-state index contributed by atoms with van der Waals surface area (Å²) in [6.45, 7) is 3.54. The maximum atomic E-state index is 11.8. The summed E-state index contributed by atoms with van der Waals surface area (Å²) in [5.74, 6) is -0.826. The number of carbonyl (C=O) groups is 2. The second-order valence-electron chi connectivity index (χ2n) is 5.98. The number of halogens is 1. The van der Waals surface area contributed by atoms with Crippen LogP contribution in [0.2, 0.25) is 0 Å². The summed E-state index contributed by atoms with van der Waals surface area (Å²) in [7, 11) is -3.05. The van der Waals surface area contributed by atoms with Crippen LogP contribution in [0.25, 0.3) is 0 Å². The van der Waals surface area contributed by atoms with E-state index in [1.54, 1.807) is 0 Å². The summed E-state index contributed by atoms with van der Waals surface area (Å²) >= 11 is 4.82. The Morgan fingerprint density at radius 1 is 1.32 bits per heavy atom. The Morgan fingerprint density at radius 2 is 2.04 bits per heavy atom. The fraction of sp³-hybridized carbons (Fsp3) is 0.500. The van der Waals surface area contributed by atoms with Gasteiger partial charge in [-0.1, -0.05) is 15.9 Å². The molecule has 1 saturated heterocycles. The molecule has 25 heavy (non-hydrogen) atoms. The maximum absolute atomic E-state index is 11.8. The van der Waals surface area contributed by atoms with E-state index >= 15 is 0 Å². The van der Waals surface area contributed by atoms with Gasteiger partial charge in [0, 0.05) is 15.4 Å². The Balaban J connectivity index is 1.74. The summed E-state index contributed by atoms with van der Waals surface area (Å²) in [6, 6.07) is 3.59. The first-order chi connectivity index (χ1) is 11.7. The van der Waals surface area contributed by atoms with Crippen LogP contribution in [0.15, 0.2) is 21.5 Å². The van der Waals surface area contributed by atoms with E-state index in [2.05, 4.69) is 21.2 Å². The lowest BCUT2D eigenvalue weighted by atomic mass is 10.2. The van der Waals surface area contributed by atoms with E-state index in [0.29, 0.717) is 6.42 Å². The third-order valence-electron chi connectivity index (χ3n) is 3.76. The number of hydrogen-bond donors (Lipinski definition) is 1. The van der Waals surface area contributed by atoms with Crippen LogP contribution in [-0.2, 0) is 24.2 Å². The summed E-state index contributed by atoms with van der Waals surface area (Å²) in [4.78, 5) is 24.5. The highest BCUT2D eigenvalue weighted by molar-refractivity contribution is 9.10. The molecule has 1 heterocycles. The SMILES string of the molecule is Cc1cc(SCC(=O)OCC(=O)NC2CCS(=O)(=O)C2)c(C)cc1Br. The Kier molecular flexibility index (Phi) is 6.93. The van der Waals surface area contributed by atoms with Crippen LogP contribution in [0, 0.1) is 13.8 Å². The minimum Gasteiger partial charge on any atom is -0.455 e. The molecule has 1 aliphatic rings. The number of sulfone groups is 1. The quantitative estimate of drug-likeness (QED) is 0.527. The molecule has 1 aliphatic heterocycles. The van der Waals surface area contributed by atoms with Crippen LogP contribution in [0.4, 0.5) is 0 Å². The molecule has 1 amide bonds. The van der Waals surface area contributed by atoms with Crippen LogP contribution in [0.1, 0.15) is 17.5 Å². The van der Waals surface area contributed by atoms with Gasteiger partial charge in [0.2, 0.25) is 0 Å². The van der Waals surface area contributed by atoms with E-state index in [1.807, 2.05) is 26.0 Å². The Bertz CT molecular complexity index is 779. The van der Waals surface area contributed by atoms with Gasteiger partial charge in [-0.05, 0) is 43.5 Å². The van der Waals surface area contributed by atoms with E-state index in [4.69, 9.17) is 4.74 Å². The van der Waals surface area contributed by atoms with Crippen molar-refractivity contribution in [1.29, 1.82) is 0 Å². The molecule has 9 heteroatoms. The fourth-order valence-corrected chi connectivity index (χ4v) is 5.45. The smallest absolute Gasteiger partial charge is 0.316 e. The molecular formula is C16H20BrNO5S2. The number of thioether (sulfide) groups is 1.